The molecule has 1 amide bonds. The molecule has 9 heteroatoms. The lowest BCUT2D eigenvalue weighted by atomic mass is 10.2. The van der Waals surface area contributed by atoms with Crippen LogP contribution in [0.2, 0.25) is 0 Å². The van der Waals surface area contributed by atoms with Gasteiger partial charge < -0.3 is 10.1 Å². The normalized spacial score (nSPS) is 11.2. The number of benzene rings is 2. The number of nitrogens with zero attached hydrogens (tertiary/aromatic N) is 2. The molecule has 0 aliphatic carbocycles. The van der Waals surface area contributed by atoms with Gasteiger partial charge >= 0.3 is 0 Å². The first-order valence-corrected chi connectivity index (χ1v) is 9.97. The van der Waals surface area contributed by atoms with Crippen molar-refractivity contribution >= 4 is 33.6 Å². The van der Waals surface area contributed by atoms with Crippen molar-refractivity contribution in [2.45, 2.75) is 4.90 Å². The minimum Gasteiger partial charge on any atom is -0.497 e. The van der Waals surface area contributed by atoms with Crippen LogP contribution in [0.4, 0.5) is 11.6 Å². The number of hydrogen-bond donors (Lipinski definition) is 2. The average molecular weight is 410 g/mol. The standard InChI is InChI=1S/C20H18N4O4S/c1-28-17-5-2-4-15(14-17)6-11-19(25)23-16-7-9-18(10-8-16)29(26,27)24-20-21-12-3-13-22-20/h2-14H,1H3,(H,23,25)(H,21,22,24)/b11-6+. The summed E-state index contributed by atoms with van der Waals surface area (Å²) in [5.74, 6) is 0.325. The Balaban J connectivity index is 1.64. The van der Waals surface area contributed by atoms with E-state index < -0.39 is 10.0 Å². The quantitative estimate of drug-likeness (QED) is 0.580. The van der Waals surface area contributed by atoms with Gasteiger partial charge in [0, 0.05) is 24.2 Å². The molecule has 2 aromatic carbocycles. The highest BCUT2D eigenvalue weighted by atomic mass is 32.2. The molecule has 0 bridgehead atoms. The van der Waals surface area contributed by atoms with E-state index >= 15 is 0 Å². The summed E-state index contributed by atoms with van der Waals surface area (Å²) in [4.78, 5) is 19.8. The highest BCUT2D eigenvalue weighted by molar-refractivity contribution is 7.92. The molecule has 3 rings (SSSR count). The Bertz CT molecular complexity index is 1110. The van der Waals surface area contributed by atoms with Crippen LogP contribution in [0.1, 0.15) is 5.56 Å². The second-order valence-corrected chi connectivity index (χ2v) is 7.48. The van der Waals surface area contributed by atoms with Crippen molar-refractivity contribution in [3.8, 4) is 5.75 Å². The SMILES string of the molecule is COc1cccc(/C=C/C(=O)Nc2ccc(S(=O)(=O)Nc3ncccn3)cc2)c1. The molecule has 3 aromatic rings. The van der Waals surface area contributed by atoms with Gasteiger partial charge in [-0.05, 0) is 54.1 Å². The van der Waals surface area contributed by atoms with Crippen LogP contribution in [0.3, 0.4) is 0 Å². The number of nitrogens with one attached hydrogen (secondary N) is 2. The predicted octanol–water partition coefficient (Wildman–Crippen LogP) is 2.94. The highest BCUT2D eigenvalue weighted by Gasteiger charge is 2.15. The van der Waals surface area contributed by atoms with Crippen LogP contribution in [0, 0.1) is 0 Å². The Hall–Kier alpha value is -3.72. The molecule has 0 aliphatic rings. The molecule has 1 aromatic heterocycles. The van der Waals surface area contributed by atoms with Crippen molar-refractivity contribution in [2.24, 2.45) is 0 Å². The number of anilines is 2. The summed E-state index contributed by atoms with van der Waals surface area (Å²) in [7, 11) is -2.25. The number of carbonyl (C=O) groups is 1. The molecule has 0 unspecified atom stereocenters. The van der Waals surface area contributed by atoms with Crippen LogP contribution < -0.4 is 14.8 Å². The van der Waals surface area contributed by atoms with E-state index in [0.717, 1.165) is 5.56 Å². The summed E-state index contributed by atoms with van der Waals surface area (Å²) >= 11 is 0. The van der Waals surface area contributed by atoms with Crippen molar-refractivity contribution in [1.29, 1.82) is 0 Å². The zero-order chi connectivity index (χ0) is 20.7. The lowest BCUT2D eigenvalue weighted by Crippen LogP contribution is -2.15. The monoisotopic (exact) mass is 410 g/mol. The van der Waals surface area contributed by atoms with Crippen molar-refractivity contribution in [2.75, 3.05) is 17.1 Å². The van der Waals surface area contributed by atoms with Crippen molar-refractivity contribution in [3.05, 3.63) is 78.6 Å². The van der Waals surface area contributed by atoms with E-state index in [-0.39, 0.29) is 16.8 Å². The summed E-state index contributed by atoms with van der Waals surface area (Å²) in [5.41, 5.74) is 1.27. The van der Waals surface area contributed by atoms with E-state index in [0.29, 0.717) is 11.4 Å². The van der Waals surface area contributed by atoms with E-state index in [9.17, 15) is 13.2 Å². The predicted molar refractivity (Wildman–Crippen MR) is 110 cm³/mol. The largest absolute Gasteiger partial charge is 0.497 e. The average Bonchev–Trinajstić information content (AvgIpc) is 2.73. The van der Waals surface area contributed by atoms with Gasteiger partial charge in [-0.3, -0.25) is 4.79 Å². The first kappa shape index (κ1) is 20.0. The van der Waals surface area contributed by atoms with Gasteiger partial charge in [-0.15, -0.1) is 0 Å². The molecule has 0 aliphatic heterocycles. The minimum atomic E-state index is -3.83. The molecule has 0 saturated carbocycles. The summed E-state index contributed by atoms with van der Waals surface area (Å²) in [6.45, 7) is 0. The second-order valence-electron chi connectivity index (χ2n) is 5.80. The highest BCUT2D eigenvalue weighted by Crippen LogP contribution is 2.17. The number of sulfonamides is 1. The van der Waals surface area contributed by atoms with Gasteiger partial charge in [0.25, 0.3) is 10.0 Å². The molecule has 0 spiro atoms. The molecule has 0 atom stereocenters. The maximum Gasteiger partial charge on any atom is 0.264 e. The molecule has 8 nitrogen and oxygen atoms in total. The Morgan fingerprint density at radius 2 is 1.76 bits per heavy atom. The van der Waals surface area contributed by atoms with Crippen LogP contribution in [0.5, 0.6) is 5.75 Å². The van der Waals surface area contributed by atoms with E-state index in [2.05, 4.69) is 20.0 Å². The molecule has 2 N–H and O–H groups in total. The second kappa shape index (κ2) is 8.98. The fourth-order valence-electron chi connectivity index (χ4n) is 2.35. The first-order valence-electron chi connectivity index (χ1n) is 8.49. The van der Waals surface area contributed by atoms with E-state index in [1.165, 1.54) is 42.7 Å². The molecule has 0 saturated heterocycles. The first-order chi connectivity index (χ1) is 14.0. The fourth-order valence-corrected chi connectivity index (χ4v) is 3.31. The van der Waals surface area contributed by atoms with Gasteiger partial charge in [-0.25, -0.2) is 23.1 Å². The third kappa shape index (κ3) is 5.63. The smallest absolute Gasteiger partial charge is 0.264 e. The molecule has 148 valence electrons. The Kier molecular flexibility index (Phi) is 6.20. The molecule has 1 heterocycles. The zero-order valence-electron chi connectivity index (χ0n) is 15.4. The lowest BCUT2D eigenvalue weighted by molar-refractivity contribution is -0.111. The Morgan fingerprint density at radius 1 is 1.03 bits per heavy atom. The number of hydrogen-bond acceptors (Lipinski definition) is 6. The summed E-state index contributed by atoms with van der Waals surface area (Å²) in [6, 6.07) is 14.6. The molecular weight excluding hydrogens is 392 g/mol. The van der Waals surface area contributed by atoms with Crippen LogP contribution >= 0.6 is 0 Å². The van der Waals surface area contributed by atoms with Crippen molar-refractivity contribution in [1.82, 2.24) is 9.97 Å². The van der Waals surface area contributed by atoms with Crippen LogP contribution in [0.15, 0.2) is 78.0 Å². The third-order valence-electron chi connectivity index (χ3n) is 3.74. The molecular formula is C20H18N4O4S. The topological polar surface area (TPSA) is 110 Å². The van der Waals surface area contributed by atoms with Gasteiger partial charge in [0.1, 0.15) is 5.75 Å². The number of amides is 1. The van der Waals surface area contributed by atoms with Gasteiger partial charge in [0.15, 0.2) is 0 Å². The maximum absolute atomic E-state index is 12.3. The number of rotatable bonds is 7. The van der Waals surface area contributed by atoms with Crippen LogP contribution in [0.25, 0.3) is 6.08 Å². The lowest BCUT2D eigenvalue weighted by Gasteiger charge is -2.07. The van der Waals surface area contributed by atoms with Crippen molar-refractivity contribution < 1.29 is 17.9 Å². The molecule has 0 fully saturated rings. The van der Waals surface area contributed by atoms with E-state index in [4.69, 9.17) is 4.74 Å². The Labute approximate surface area is 168 Å². The van der Waals surface area contributed by atoms with Crippen LogP contribution in [-0.2, 0) is 14.8 Å². The number of carbonyl (C=O) groups excluding carboxylic acids is 1. The molecule has 0 radical (unpaired) electrons. The van der Waals surface area contributed by atoms with E-state index in [1.807, 2.05) is 18.2 Å². The number of aromatic nitrogens is 2. The Morgan fingerprint density at radius 3 is 2.45 bits per heavy atom. The molecule has 29 heavy (non-hydrogen) atoms. The van der Waals surface area contributed by atoms with E-state index in [1.54, 1.807) is 25.3 Å². The zero-order valence-corrected chi connectivity index (χ0v) is 16.3. The summed E-state index contributed by atoms with van der Waals surface area (Å²) in [6.07, 6.45) is 5.90. The van der Waals surface area contributed by atoms with Crippen LogP contribution in [-0.4, -0.2) is 31.4 Å². The number of ether oxygens (including phenoxy) is 1. The van der Waals surface area contributed by atoms with Gasteiger partial charge in [-0.1, -0.05) is 12.1 Å². The maximum atomic E-state index is 12.3. The summed E-state index contributed by atoms with van der Waals surface area (Å²) < 4.78 is 32.1. The minimum absolute atomic E-state index is 0.0208. The fraction of sp³-hybridized carbons (Fsp3) is 0.0500. The van der Waals surface area contributed by atoms with Crippen molar-refractivity contribution in [3.63, 3.8) is 0 Å². The van der Waals surface area contributed by atoms with Gasteiger partial charge in [-0.2, -0.15) is 0 Å². The summed E-state index contributed by atoms with van der Waals surface area (Å²) in [5, 5.41) is 2.67. The third-order valence-corrected chi connectivity index (χ3v) is 5.09. The van der Waals surface area contributed by atoms with Gasteiger partial charge in [0.2, 0.25) is 11.9 Å². The van der Waals surface area contributed by atoms with Gasteiger partial charge in [0.05, 0.1) is 12.0 Å². The number of methoxy groups -OCH3 is 1.